The van der Waals surface area contributed by atoms with Crippen molar-refractivity contribution >= 4 is 5.91 Å². The SMILES string of the molecule is O=C(NC[C@@H](c1cccnc1)N1CCCCC1)c1cncc(F)c1. The Bertz CT molecular complexity index is 674. The molecule has 1 amide bonds. The second-order valence-electron chi connectivity index (χ2n) is 6.00. The lowest BCUT2D eigenvalue weighted by molar-refractivity contribution is 0.0923. The number of carbonyl (C=O) groups is 1. The molecule has 1 aliphatic heterocycles. The van der Waals surface area contributed by atoms with E-state index in [0.29, 0.717) is 6.54 Å². The minimum absolute atomic E-state index is 0.0736. The number of halogens is 1. The maximum atomic E-state index is 13.2. The lowest BCUT2D eigenvalue weighted by Gasteiger charge is -2.34. The summed E-state index contributed by atoms with van der Waals surface area (Å²) in [6.07, 6.45) is 9.62. The van der Waals surface area contributed by atoms with E-state index in [1.54, 1.807) is 6.20 Å². The van der Waals surface area contributed by atoms with E-state index in [0.717, 1.165) is 24.8 Å². The van der Waals surface area contributed by atoms with Crippen LogP contribution in [0.3, 0.4) is 0 Å². The van der Waals surface area contributed by atoms with Crippen LogP contribution in [0.5, 0.6) is 0 Å². The third kappa shape index (κ3) is 4.14. The van der Waals surface area contributed by atoms with E-state index < -0.39 is 5.82 Å². The average Bonchev–Trinajstić information content (AvgIpc) is 2.63. The number of pyridine rings is 2. The maximum Gasteiger partial charge on any atom is 0.253 e. The van der Waals surface area contributed by atoms with Crippen LogP contribution < -0.4 is 5.32 Å². The van der Waals surface area contributed by atoms with E-state index in [9.17, 15) is 9.18 Å². The highest BCUT2D eigenvalue weighted by molar-refractivity contribution is 5.93. The smallest absolute Gasteiger partial charge is 0.253 e. The molecule has 2 aromatic rings. The summed E-state index contributed by atoms with van der Waals surface area (Å²) < 4.78 is 13.2. The molecule has 2 aromatic heterocycles. The predicted molar refractivity (Wildman–Crippen MR) is 88.9 cm³/mol. The Labute approximate surface area is 140 Å². The molecule has 1 atom stereocenters. The molecule has 1 N–H and O–H groups in total. The number of hydrogen-bond acceptors (Lipinski definition) is 4. The Morgan fingerprint density at radius 2 is 2.04 bits per heavy atom. The summed E-state index contributed by atoms with van der Waals surface area (Å²) in [6, 6.07) is 5.21. The molecular weight excluding hydrogens is 307 g/mol. The van der Waals surface area contributed by atoms with Crippen LogP contribution >= 0.6 is 0 Å². The van der Waals surface area contributed by atoms with Crippen molar-refractivity contribution in [3.63, 3.8) is 0 Å². The first-order chi connectivity index (χ1) is 11.7. The van der Waals surface area contributed by atoms with Gasteiger partial charge in [-0.1, -0.05) is 12.5 Å². The normalized spacial score (nSPS) is 16.5. The quantitative estimate of drug-likeness (QED) is 0.916. The van der Waals surface area contributed by atoms with Crippen LogP contribution in [0.4, 0.5) is 4.39 Å². The van der Waals surface area contributed by atoms with E-state index in [1.807, 2.05) is 18.3 Å². The molecular formula is C18H21FN4O. The number of likely N-dealkylation sites (tertiary alicyclic amines) is 1. The third-order valence-electron chi connectivity index (χ3n) is 4.32. The Hall–Kier alpha value is -2.34. The second kappa shape index (κ2) is 7.97. The van der Waals surface area contributed by atoms with Crippen molar-refractivity contribution in [3.05, 3.63) is 59.9 Å². The van der Waals surface area contributed by atoms with E-state index in [1.165, 1.54) is 31.5 Å². The zero-order valence-electron chi connectivity index (χ0n) is 13.5. The van der Waals surface area contributed by atoms with Crippen molar-refractivity contribution < 1.29 is 9.18 Å². The number of hydrogen-bond donors (Lipinski definition) is 1. The summed E-state index contributed by atoms with van der Waals surface area (Å²) in [4.78, 5) is 22.6. The molecule has 24 heavy (non-hydrogen) atoms. The lowest BCUT2D eigenvalue weighted by Crippen LogP contribution is -2.40. The Kier molecular flexibility index (Phi) is 5.48. The van der Waals surface area contributed by atoms with Gasteiger partial charge in [0, 0.05) is 25.1 Å². The summed E-state index contributed by atoms with van der Waals surface area (Å²) in [5.74, 6) is -0.824. The Balaban J connectivity index is 1.71. The predicted octanol–water partition coefficient (Wildman–Crippen LogP) is 2.57. The van der Waals surface area contributed by atoms with Gasteiger partial charge in [-0.25, -0.2) is 4.39 Å². The van der Waals surface area contributed by atoms with Crippen molar-refractivity contribution in [1.82, 2.24) is 20.2 Å². The molecule has 3 heterocycles. The number of amides is 1. The van der Waals surface area contributed by atoms with E-state index in [2.05, 4.69) is 20.2 Å². The first kappa shape index (κ1) is 16.5. The van der Waals surface area contributed by atoms with E-state index in [-0.39, 0.29) is 17.5 Å². The van der Waals surface area contributed by atoms with Crippen molar-refractivity contribution in [3.8, 4) is 0 Å². The molecule has 0 radical (unpaired) electrons. The zero-order valence-corrected chi connectivity index (χ0v) is 13.5. The highest BCUT2D eigenvalue weighted by Gasteiger charge is 2.23. The first-order valence-electron chi connectivity index (χ1n) is 8.27. The van der Waals surface area contributed by atoms with E-state index in [4.69, 9.17) is 0 Å². The van der Waals surface area contributed by atoms with Crippen LogP contribution in [0, 0.1) is 5.82 Å². The molecule has 0 aromatic carbocycles. The fraction of sp³-hybridized carbons (Fsp3) is 0.389. The van der Waals surface area contributed by atoms with Gasteiger partial charge in [-0.3, -0.25) is 19.7 Å². The number of nitrogens with one attached hydrogen (secondary N) is 1. The van der Waals surface area contributed by atoms with Crippen LogP contribution in [0.1, 0.15) is 41.2 Å². The van der Waals surface area contributed by atoms with Gasteiger partial charge in [0.2, 0.25) is 0 Å². The number of nitrogens with zero attached hydrogens (tertiary/aromatic N) is 3. The zero-order chi connectivity index (χ0) is 16.8. The Morgan fingerprint density at radius 1 is 1.21 bits per heavy atom. The van der Waals surface area contributed by atoms with Crippen LogP contribution in [-0.2, 0) is 0 Å². The molecule has 1 saturated heterocycles. The minimum Gasteiger partial charge on any atom is -0.350 e. The minimum atomic E-state index is -0.512. The van der Waals surface area contributed by atoms with Gasteiger partial charge in [0.25, 0.3) is 5.91 Å². The van der Waals surface area contributed by atoms with Crippen molar-refractivity contribution in [2.75, 3.05) is 19.6 Å². The van der Waals surface area contributed by atoms with Crippen molar-refractivity contribution in [2.24, 2.45) is 0 Å². The lowest BCUT2D eigenvalue weighted by atomic mass is 10.0. The Morgan fingerprint density at radius 3 is 2.75 bits per heavy atom. The van der Waals surface area contributed by atoms with Gasteiger partial charge in [0.05, 0.1) is 17.8 Å². The van der Waals surface area contributed by atoms with Gasteiger partial charge in [-0.05, 0) is 43.6 Å². The third-order valence-corrected chi connectivity index (χ3v) is 4.32. The largest absolute Gasteiger partial charge is 0.350 e. The number of rotatable bonds is 5. The molecule has 5 nitrogen and oxygen atoms in total. The summed E-state index contributed by atoms with van der Waals surface area (Å²) >= 11 is 0. The molecule has 1 aliphatic rings. The molecule has 3 rings (SSSR count). The van der Waals surface area contributed by atoms with Crippen molar-refractivity contribution in [2.45, 2.75) is 25.3 Å². The summed E-state index contributed by atoms with van der Waals surface area (Å²) in [5, 5.41) is 2.91. The van der Waals surface area contributed by atoms with Gasteiger partial charge in [-0.15, -0.1) is 0 Å². The van der Waals surface area contributed by atoms with Crippen LogP contribution in [-0.4, -0.2) is 40.4 Å². The molecule has 0 aliphatic carbocycles. The standard InChI is InChI=1S/C18H21FN4O/c19-16-9-15(11-21-12-16)18(24)22-13-17(14-5-4-6-20-10-14)23-7-2-1-3-8-23/h4-6,9-12,17H,1-3,7-8,13H2,(H,22,24)/t17-/m0/s1. The highest BCUT2D eigenvalue weighted by atomic mass is 19.1. The van der Waals surface area contributed by atoms with Gasteiger partial charge >= 0.3 is 0 Å². The van der Waals surface area contributed by atoms with Gasteiger partial charge in [-0.2, -0.15) is 0 Å². The average molecular weight is 328 g/mol. The molecule has 0 spiro atoms. The summed E-state index contributed by atoms with van der Waals surface area (Å²) in [7, 11) is 0. The number of carbonyl (C=O) groups excluding carboxylic acids is 1. The first-order valence-corrected chi connectivity index (χ1v) is 8.27. The van der Waals surface area contributed by atoms with Crippen molar-refractivity contribution in [1.29, 1.82) is 0 Å². The fourth-order valence-corrected chi connectivity index (χ4v) is 3.09. The van der Waals surface area contributed by atoms with E-state index >= 15 is 0 Å². The number of aromatic nitrogens is 2. The van der Waals surface area contributed by atoms with Crippen LogP contribution in [0.2, 0.25) is 0 Å². The molecule has 6 heteroatoms. The second-order valence-corrected chi connectivity index (χ2v) is 6.00. The van der Waals surface area contributed by atoms with Crippen LogP contribution in [0.25, 0.3) is 0 Å². The summed E-state index contributed by atoms with van der Waals surface area (Å²) in [6.45, 7) is 2.48. The van der Waals surface area contributed by atoms with Gasteiger partial charge < -0.3 is 5.32 Å². The molecule has 1 fully saturated rings. The molecule has 0 bridgehead atoms. The monoisotopic (exact) mass is 328 g/mol. The number of piperidine rings is 1. The topological polar surface area (TPSA) is 58.1 Å². The van der Waals surface area contributed by atoms with Gasteiger partial charge in [0.15, 0.2) is 0 Å². The van der Waals surface area contributed by atoms with Gasteiger partial charge in [0.1, 0.15) is 5.82 Å². The fourth-order valence-electron chi connectivity index (χ4n) is 3.09. The highest BCUT2D eigenvalue weighted by Crippen LogP contribution is 2.23. The molecule has 126 valence electrons. The van der Waals surface area contributed by atoms with Crippen LogP contribution in [0.15, 0.2) is 43.0 Å². The molecule has 0 unspecified atom stereocenters. The molecule has 0 saturated carbocycles. The maximum absolute atomic E-state index is 13.2. The summed E-state index contributed by atoms with van der Waals surface area (Å²) in [5.41, 5.74) is 1.32.